The Morgan fingerprint density at radius 3 is 1.67 bits per heavy atom. The highest BCUT2D eigenvalue weighted by atomic mass is 19.3. The summed E-state index contributed by atoms with van der Waals surface area (Å²) in [5.41, 5.74) is 0. The second-order valence-electron chi connectivity index (χ2n) is 5.43. The summed E-state index contributed by atoms with van der Waals surface area (Å²) in [6.45, 7) is 3.73. The molecule has 0 fully saturated rings. The van der Waals surface area contributed by atoms with Crippen LogP contribution in [-0.2, 0) is 0 Å². The van der Waals surface area contributed by atoms with Crippen molar-refractivity contribution in [3.05, 3.63) is 0 Å². The zero-order valence-corrected chi connectivity index (χ0v) is 12.2. The average molecular weight is 263 g/mol. The van der Waals surface area contributed by atoms with E-state index in [1.165, 1.54) is 51.4 Å². The SMILES string of the molecule is CCCCCCCCCCCCNCC(C)(F)F. The van der Waals surface area contributed by atoms with Crippen molar-refractivity contribution in [3.8, 4) is 0 Å². The zero-order valence-electron chi connectivity index (χ0n) is 12.2. The molecular weight excluding hydrogens is 232 g/mol. The van der Waals surface area contributed by atoms with E-state index < -0.39 is 5.92 Å². The standard InChI is InChI=1S/C15H31F2N/c1-3-4-5-6-7-8-9-10-11-12-13-18-14-15(2,16)17/h18H,3-14H2,1-2H3. The molecule has 0 aliphatic heterocycles. The third kappa shape index (κ3) is 15.8. The van der Waals surface area contributed by atoms with Crippen LogP contribution in [-0.4, -0.2) is 19.0 Å². The predicted molar refractivity (Wildman–Crippen MR) is 75.3 cm³/mol. The van der Waals surface area contributed by atoms with Crippen molar-refractivity contribution in [2.24, 2.45) is 0 Å². The van der Waals surface area contributed by atoms with Crippen LogP contribution in [0.4, 0.5) is 8.78 Å². The van der Waals surface area contributed by atoms with Crippen molar-refractivity contribution in [1.29, 1.82) is 0 Å². The van der Waals surface area contributed by atoms with Gasteiger partial charge in [-0.05, 0) is 13.0 Å². The molecule has 1 nitrogen and oxygen atoms in total. The van der Waals surface area contributed by atoms with Crippen LogP contribution >= 0.6 is 0 Å². The minimum Gasteiger partial charge on any atom is -0.311 e. The van der Waals surface area contributed by atoms with E-state index in [4.69, 9.17) is 0 Å². The Hall–Kier alpha value is -0.180. The van der Waals surface area contributed by atoms with Gasteiger partial charge in [-0.25, -0.2) is 8.78 Å². The average Bonchev–Trinajstić information content (AvgIpc) is 2.29. The van der Waals surface area contributed by atoms with Crippen molar-refractivity contribution in [2.75, 3.05) is 13.1 Å². The third-order valence-electron chi connectivity index (χ3n) is 3.14. The van der Waals surface area contributed by atoms with Crippen molar-refractivity contribution in [3.63, 3.8) is 0 Å². The van der Waals surface area contributed by atoms with E-state index in [9.17, 15) is 8.78 Å². The van der Waals surface area contributed by atoms with E-state index in [2.05, 4.69) is 12.2 Å². The topological polar surface area (TPSA) is 12.0 Å². The minimum atomic E-state index is -2.57. The molecule has 0 atom stereocenters. The molecule has 0 radical (unpaired) electrons. The van der Waals surface area contributed by atoms with E-state index in [-0.39, 0.29) is 6.54 Å². The van der Waals surface area contributed by atoms with E-state index in [1.807, 2.05) is 0 Å². The summed E-state index contributed by atoms with van der Waals surface area (Å²) in [5.74, 6) is -2.57. The lowest BCUT2D eigenvalue weighted by Crippen LogP contribution is -2.30. The number of alkyl halides is 2. The fraction of sp³-hybridized carbons (Fsp3) is 1.00. The Bertz CT molecular complexity index is 166. The molecule has 0 bridgehead atoms. The lowest BCUT2D eigenvalue weighted by atomic mass is 10.1. The molecule has 0 aliphatic rings. The maximum atomic E-state index is 12.5. The van der Waals surface area contributed by atoms with Gasteiger partial charge in [-0.1, -0.05) is 64.7 Å². The van der Waals surface area contributed by atoms with Crippen molar-refractivity contribution < 1.29 is 8.78 Å². The highest BCUT2D eigenvalue weighted by Gasteiger charge is 2.19. The van der Waals surface area contributed by atoms with Crippen LogP contribution in [0.25, 0.3) is 0 Å². The summed E-state index contributed by atoms with van der Waals surface area (Å²) in [6, 6.07) is 0. The van der Waals surface area contributed by atoms with Crippen LogP contribution in [0.1, 0.15) is 78.1 Å². The minimum absolute atomic E-state index is 0.190. The van der Waals surface area contributed by atoms with Crippen molar-refractivity contribution in [2.45, 2.75) is 84.0 Å². The Balaban J connectivity index is 2.99. The number of rotatable bonds is 13. The second-order valence-corrected chi connectivity index (χ2v) is 5.43. The number of nitrogens with one attached hydrogen (secondary N) is 1. The van der Waals surface area contributed by atoms with Gasteiger partial charge in [-0.3, -0.25) is 0 Å². The molecule has 0 spiro atoms. The Morgan fingerprint density at radius 2 is 1.22 bits per heavy atom. The summed E-state index contributed by atoms with van der Waals surface area (Å²) in [5, 5.41) is 2.80. The maximum absolute atomic E-state index is 12.5. The molecule has 3 heteroatoms. The summed E-state index contributed by atoms with van der Waals surface area (Å²) in [7, 11) is 0. The summed E-state index contributed by atoms with van der Waals surface area (Å²) >= 11 is 0. The largest absolute Gasteiger partial charge is 0.311 e. The molecule has 18 heavy (non-hydrogen) atoms. The number of hydrogen-bond donors (Lipinski definition) is 1. The molecule has 0 rings (SSSR count). The van der Waals surface area contributed by atoms with Gasteiger partial charge in [0.1, 0.15) is 0 Å². The van der Waals surface area contributed by atoms with E-state index in [0.717, 1.165) is 26.3 Å². The predicted octanol–water partition coefficient (Wildman–Crippen LogP) is 5.15. The first-order chi connectivity index (χ1) is 8.56. The first-order valence-corrected chi connectivity index (χ1v) is 7.65. The first kappa shape index (κ1) is 17.8. The van der Waals surface area contributed by atoms with Crippen LogP contribution in [0.3, 0.4) is 0 Å². The van der Waals surface area contributed by atoms with Gasteiger partial charge in [0, 0.05) is 6.92 Å². The lowest BCUT2D eigenvalue weighted by molar-refractivity contribution is 0.0228. The Morgan fingerprint density at radius 1 is 0.778 bits per heavy atom. The quantitative estimate of drug-likeness (QED) is 0.453. The fourth-order valence-corrected chi connectivity index (χ4v) is 2.05. The van der Waals surface area contributed by atoms with Gasteiger partial charge in [0.25, 0.3) is 5.92 Å². The Kier molecular flexibility index (Phi) is 11.8. The van der Waals surface area contributed by atoms with Crippen LogP contribution in [0.15, 0.2) is 0 Å². The molecule has 0 amide bonds. The van der Waals surface area contributed by atoms with Crippen LogP contribution in [0.5, 0.6) is 0 Å². The van der Waals surface area contributed by atoms with Crippen molar-refractivity contribution in [1.82, 2.24) is 5.32 Å². The first-order valence-electron chi connectivity index (χ1n) is 7.65. The monoisotopic (exact) mass is 263 g/mol. The van der Waals surface area contributed by atoms with Crippen molar-refractivity contribution >= 4 is 0 Å². The molecule has 0 aromatic carbocycles. The highest BCUT2D eigenvalue weighted by Crippen LogP contribution is 2.11. The summed E-state index contributed by atoms with van der Waals surface area (Å²) < 4.78 is 24.9. The summed E-state index contributed by atoms with van der Waals surface area (Å²) in [4.78, 5) is 0. The molecule has 0 aromatic rings. The van der Waals surface area contributed by atoms with Gasteiger partial charge >= 0.3 is 0 Å². The fourth-order valence-electron chi connectivity index (χ4n) is 2.05. The molecule has 0 heterocycles. The smallest absolute Gasteiger partial charge is 0.257 e. The molecule has 110 valence electrons. The van der Waals surface area contributed by atoms with Crippen LogP contribution in [0, 0.1) is 0 Å². The molecule has 0 aliphatic carbocycles. The normalized spacial score (nSPS) is 12.0. The number of hydrogen-bond acceptors (Lipinski definition) is 1. The molecule has 1 N–H and O–H groups in total. The Labute approximate surface area is 112 Å². The van der Waals surface area contributed by atoms with E-state index >= 15 is 0 Å². The molecule has 0 saturated carbocycles. The van der Waals surface area contributed by atoms with Gasteiger partial charge in [0.05, 0.1) is 6.54 Å². The molecule has 0 aromatic heterocycles. The van der Waals surface area contributed by atoms with Gasteiger partial charge in [-0.15, -0.1) is 0 Å². The van der Waals surface area contributed by atoms with E-state index in [0.29, 0.717) is 0 Å². The van der Waals surface area contributed by atoms with E-state index in [1.54, 1.807) is 0 Å². The molecule has 0 unspecified atom stereocenters. The summed E-state index contributed by atoms with van der Waals surface area (Å²) in [6.07, 6.45) is 12.9. The van der Waals surface area contributed by atoms with Gasteiger partial charge in [-0.2, -0.15) is 0 Å². The van der Waals surface area contributed by atoms with Gasteiger partial charge < -0.3 is 5.32 Å². The maximum Gasteiger partial charge on any atom is 0.257 e. The second kappa shape index (κ2) is 11.9. The van der Waals surface area contributed by atoms with Gasteiger partial charge in [0.15, 0.2) is 0 Å². The molecule has 0 saturated heterocycles. The lowest BCUT2D eigenvalue weighted by Gasteiger charge is -2.10. The zero-order chi connectivity index (χ0) is 13.7. The van der Waals surface area contributed by atoms with Gasteiger partial charge in [0.2, 0.25) is 0 Å². The number of unbranched alkanes of at least 4 members (excludes halogenated alkanes) is 9. The third-order valence-corrected chi connectivity index (χ3v) is 3.14. The molecular formula is C15H31F2N. The van der Waals surface area contributed by atoms with Crippen LogP contribution < -0.4 is 5.32 Å². The number of halogens is 2. The van der Waals surface area contributed by atoms with Crippen LogP contribution in [0.2, 0.25) is 0 Å². The highest BCUT2D eigenvalue weighted by molar-refractivity contribution is 4.61.